The SMILES string of the molecule is COC(=O)C(C)CC(c1cncc(Cl)c1)C(O)c1ccc(Cl)cc1. The summed E-state index contributed by atoms with van der Waals surface area (Å²) >= 11 is 11.9. The minimum atomic E-state index is -0.824. The first-order valence-electron chi connectivity index (χ1n) is 7.54. The normalized spacial score (nSPS) is 14.7. The Morgan fingerprint density at radius 1 is 1.17 bits per heavy atom. The summed E-state index contributed by atoms with van der Waals surface area (Å²) in [7, 11) is 1.35. The molecule has 2 rings (SSSR count). The second-order valence-electron chi connectivity index (χ2n) is 5.70. The van der Waals surface area contributed by atoms with E-state index in [2.05, 4.69) is 4.98 Å². The molecule has 1 heterocycles. The number of carbonyl (C=O) groups excluding carboxylic acids is 1. The molecule has 1 N–H and O–H groups in total. The van der Waals surface area contributed by atoms with E-state index in [4.69, 9.17) is 27.9 Å². The van der Waals surface area contributed by atoms with E-state index < -0.39 is 6.10 Å². The van der Waals surface area contributed by atoms with Crippen molar-refractivity contribution in [3.05, 3.63) is 63.9 Å². The first-order valence-corrected chi connectivity index (χ1v) is 8.29. The Morgan fingerprint density at radius 2 is 1.83 bits per heavy atom. The summed E-state index contributed by atoms with van der Waals surface area (Å²) < 4.78 is 4.79. The molecule has 0 amide bonds. The molecule has 0 saturated heterocycles. The monoisotopic (exact) mass is 367 g/mol. The lowest BCUT2D eigenvalue weighted by Crippen LogP contribution is -2.20. The molecule has 0 spiro atoms. The number of methoxy groups -OCH3 is 1. The lowest BCUT2D eigenvalue weighted by Gasteiger charge is -2.25. The molecule has 6 heteroatoms. The molecule has 3 atom stereocenters. The average molecular weight is 368 g/mol. The molecule has 24 heavy (non-hydrogen) atoms. The maximum absolute atomic E-state index is 11.8. The number of halogens is 2. The minimum Gasteiger partial charge on any atom is -0.469 e. The summed E-state index contributed by atoms with van der Waals surface area (Å²) in [4.78, 5) is 15.9. The van der Waals surface area contributed by atoms with E-state index in [1.54, 1.807) is 43.5 Å². The summed E-state index contributed by atoms with van der Waals surface area (Å²) in [5.74, 6) is -1.05. The molecular weight excluding hydrogens is 349 g/mol. The number of esters is 1. The number of aliphatic hydroxyl groups is 1. The Hall–Kier alpha value is -1.62. The van der Waals surface area contributed by atoms with Crippen LogP contribution in [0.1, 0.15) is 36.5 Å². The molecule has 0 bridgehead atoms. The fourth-order valence-corrected chi connectivity index (χ4v) is 2.96. The second-order valence-corrected chi connectivity index (χ2v) is 6.57. The van der Waals surface area contributed by atoms with Gasteiger partial charge in [0.15, 0.2) is 0 Å². The topological polar surface area (TPSA) is 59.4 Å². The third-order valence-electron chi connectivity index (χ3n) is 3.96. The van der Waals surface area contributed by atoms with Crippen LogP contribution in [0.4, 0.5) is 0 Å². The quantitative estimate of drug-likeness (QED) is 0.768. The molecule has 1 aromatic carbocycles. The zero-order chi connectivity index (χ0) is 17.7. The summed E-state index contributed by atoms with van der Waals surface area (Å²) in [5.41, 5.74) is 1.47. The van der Waals surface area contributed by atoms with Gasteiger partial charge in [0.05, 0.1) is 24.2 Å². The van der Waals surface area contributed by atoms with Crippen molar-refractivity contribution in [2.45, 2.75) is 25.4 Å². The highest BCUT2D eigenvalue weighted by atomic mass is 35.5. The molecule has 0 aliphatic rings. The maximum Gasteiger partial charge on any atom is 0.308 e. The summed E-state index contributed by atoms with van der Waals surface area (Å²) in [6.07, 6.45) is 2.76. The lowest BCUT2D eigenvalue weighted by molar-refractivity contribution is -0.145. The molecule has 0 aliphatic carbocycles. The van der Waals surface area contributed by atoms with Crippen LogP contribution in [0.3, 0.4) is 0 Å². The molecule has 128 valence electrons. The van der Waals surface area contributed by atoms with Crippen LogP contribution in [-0.2, 0) is 9.53 Å². The Morgan fingerprint density at radius 3 is 2.42 bits per heavy atom. The van der Waals surface area contributed by atoms with E-state index in [0.717, 1.165) is 5.56 Å². The van der Waals surface area contributed by atoms with Crippen LogP contribution < -0.4 is 0 Å². The van der Waals surface area contributed by atoms with Crippen molar-refractivity contribution >= 4 is 29.2 Å². The number of ether oxygens (including phenoxy) is 1. The third kappa shape index (κ3) is 4.69. The van der Waals surface area contributed by atoms with Crippen LogP contribution >= 0.6 is 23.2 Å². The highest BCUT2D eigenvalue weighted by molar-refractivity contribution is 6.30. The van der Waals surface area contributed by atoms with Gasteiger partial charge in [-0.25, -0.2) is 0 Å². The number of hydrogen-bond donors (Lipinski definition) is 1. The Bertz CT molecular complexity index is 691. The van der Waals surface area contributed by atoms with Gasteiger partial charge in [-0.1, -0.05) is 42.3 Å². The minimum absolute atomic E-state index is 0.321. The molecule has 0 saturated carbocycles. The Kier molecular flexibility index (Phi) is 6.60. The van der Waals surface area contributed by atoms with Gasteiger partial charge in [0.2, 0.25) is 0 Å². The Balaban J connectivity index is 2.34. The molecule has 0 aliphatic heterocycles. The number of benzene rings is 1. The fraction of sp³-hybridized carbons (Fsp3) is 0.333. The lowest BCUT2D eigenvalue weighted by atomic mass is 9.83. The van der Waals surface area contributed by atoms with Crippen molar-refractivity contribution in [1.82, 2.24) is 4.98 Å². The van der Waals surface area contributed by atoms with Crippen molar-refractivity contribution in [3.8, 4) is 0 Å². The number of carbonyl (C=O) groups is 1. The largest absolute Gasteiger partial charge is 0.469 e. The number of pyridine rings is 1. The van der Waals surface area contributed by atoms with Gasteiger partial charge in [-0.2, -0.15) is 0 Å². The van der Waals surface area contributed by atoms with E-state index in [1.807, 2.05) is 0 Å². The standard InChI is InChI=1S/C18H19Cl2NO3/c1-11(18(23)24-2)7-16(13-8-15(20)10-21-9-13)17(22)12-3-5-14(19)6-4-12/h3-6,8-11,16-17,22H,7H2,1-2H3. The molecule has 0 fully saturated rings. The van der Waals surface area contributed by atoms with Crippen molar-refractivity contribution in [1.29, 1.82) is 0 Å². The number of hydrogen-bond acceptors (Lipinski definition) is 4. The molecular formula is C18H19Cl2NO3. The number of nitrogens with zero attached hydrogens (tertiary/aromatic N) is 1. The van der Waals surface area contributed by atoms with E-state index in [0.29, 0.717) is 22.0 Å². The van der Waals surface area contributed by atoms with Crippen LogP contribution in [0.2, 0.25) is 10.0 Å². The van der Waals surface area contributed by atoms with Crippen molar-refractivity contribution in [3.63, 3.8) is 0 Å². The summed E-state index contributed by atoms with van der Waals surface area (Å²) in [6.45, 7) is 1.77. The molecule has 1 aromatic heterocycles. The number of aromatic nitrogens is 1. The smallest absolute Gasteiger partial charge is 0.308 e. The summed E-state index contributed by atoms with van der Waals surface area (Å²) in [6, 6.07) is 8.72. The first kappa shape index (κ1) is 18.7. The van der Waals surface area contributed by atoms with E-state index >= 15 is 0 Å². The first-order chi connectivity index (χ1) is 11.4. The highest BCUT2D eigenvalue weighted by Crippen LogP contribution is 2.37. The maximum atomic E-state index is 11.8. The average Bonchev–Trinajstić information content (AvgIpc) is 2.58. The van der Waals surface area contributed by atoms with Gasteiger partial charge in [-0.3, -0.25) is 9.78 Å². The predicted molar refractivity (Wildman–Crippen MR) is 94.2 cm³/mol. The van der Waals surface area contributed by atoms with Gasteiger partial charge in [-0.05, 0) is 35.7 Å². The predicted octanol–water partition coefficient (Wildman–Crippen LogP) is 4.40. The van der Waals surface area contributed by atoms with Gasteiger partial charge in [0.25, 0.3) is 0 Å². The molecule has 4 nitrogen and oxygen atoms in total. The van der Waals surface area contributed by atoms with Gasteiger partial charge in [0, 0.05) is 23.3 Å². The second kappa shape index (κ2) is 8.47. The fourth-order valence-electron chi connectivity index (χ4n) is 2.65. The molecule has 2 aromatic rings. The molecule has 3 unspecified atom stereocenters. The van der Waals surface area contributed by atoms with Gasteiger partial charge < -0.3 is 9.84 Å². The number of aliphatic hydroxyl groups excluding tert-OH is 1. The van der Waals surface area contributed by atoms with Crippen LogP contribution in [0, 0.1) is 5.92 Å². The van der Waals surface area contributed by atoms with Gasteiger partial charge in [-0.15, -0.1) is 0 Å². The van der Waals surface area contributed by atoms with E-state index in [1.165, 1.54) is 13.3 Å². The van der Waals surface area contributed by atoms with Crippen LogP contribution in [0.25, 0.3) is 0 Å². The van der Waals surface area contributed by atoms with Crippen LogP contribution in [0.5, 0.6) is 0 Å². The highest BCUT2D eigenvalue weighted by Gasteiger charge is 2.28. The Labute approximate surface area is 151 Å². The zero-order valence-electron chi connectivity index (χ0n) is 13.4. The van der Waals surface area contributed by atoms with Crippen molar-refractivity contribution in [2.24, 2.45) is 5.92 Å². The van der Waals surface area contributed by atoms with Crippen LogP contribution in [-0.4, -0.2) is 23.2 Å². The van der Waals surface area contributed by atoms with Crippen LogP contribution in [0.15, 0.2) is 42.7 Å². The van der Waals surface area contributed by atoms with E-state index in [-0.39, 0.29) is 17.8 Å². The van der Waals surface area contributed by atoms with Crippen molar-refractivity contribution < 1.29 is 14.6 Å². The van der Waals surface area contributed by atoms with Crippen molar-refractivity contribution in [2.75, 3.05) is 7.11 Å². The van der Waals surface area contributed by atoms with E-state index in [9.17, 15) is 9.90 Å². The molecule has 0 radical (unpaired) electrons. The summed E-state index contributed by atoms with van der Waals surface area (Å²) in [5, 5.41) is 11.9. The number of rotatable bonds is 6. The van der Waals surface area contributed by atoms with Gasteiger partial charge in [0.1, 0.15) is 0 Å². The third-order valence-corrected chi connectivity index (χ3v) is 4.42. The van der Waals surface area contributed by atoms with Gasteiger partial charge >= 0.3 is 5.97 Å². The zero-order valence-corrected chi connectivity index (χ0v) is 15.0.